The Balaban J connectivity index is 2.55. The zero-order valence-corrected chi connectivity index (χ0v) is 9.78. The van der Waals surface area contributed by atoms with E-state index in [1.165, 1.54) is 24.0 Å². The largest absolute Gasteiger partial charge is 0.313 e. The standard InChI is InChI=1S/C11H14N2OS/c1-3-4-5-8-7(2)9-10(14)12-6-13-11(9)15-8/h6H,3-5H2,1-2H3,(H,12,13,14). The van der Waals surface area contributed by atoms with Gasteiger partial charge in [-0.1, -0.05) is 13.3 Å². The summed E-state index contributed by atoms with van der Waals surface area (Å²) in [5.41, 5.74) is 1.09. The normalized spacial score (nSPS) is 11.1. The first-order valence-corrected chi connectivity index (χ1v) is 6.01. The number of aromatic amines is 1. The van der Waals surface area contributed by atoms with E-state index >= 15 is 0 Å². The van der Waals surface area contributed by atoms with Crippen LogP contribution in [0.15, 0.2) is 11.1 Å². The van der Waals surface area contributed by atoms with Crippen LogP contribution in [0.5, 0.6) is 0 Å². The maximum Gasteiger partial charge on any atom is 0.259 e. The number of nitrogens with one attached hydrogen (secondary N) is 1. The molecule has 15 heavy (non-hydrogen) atoms. The molecule has 80 valence electrons. The number of nitrogens with zero attached hydrogens (tertiary/aromatic N) is 1. The Hall–Kier alpha value is -1.16. The minimum Gasteiger partial charge on any atom is -0.313 e. The molecule has 0 fully saturated rings. The molecule has 0 bridgehead atoms. The lowest BCUT2D eigenvalue weighted by atomic mass is 10.1. The summed E-state index contributed by atoms with van der Waals surface area (Å²) in [6.07, 6.45) is 4.88. The molecule has 3 nitrogen and oxygen atoms in total. The second-order valence-corrected chi connectivity index (χ2v) is 4.75. The zero-order valence-electron chi connectivity index (χ0n) is 8.96. The zero-order chi connectivity index (χ0) is 10.8. The van der Waals surface area contributed by atoms with Crippen LogP contribution in [0.4, 0.5) is 0 Å². The first-order valence-electron chi connectivity index (χ1n) is 5.19. The van der Waals surface area contributed by atoms with Crippen LogP contribution in [0.3, 0.4) is 0 Å². The fourth-order valence-electron chi connectivity index (χ4n) is 1.70. The van der Waals surface area contributed by atoms with Gasteiger partial charge in [-0.25, -0.2) is 4.98 Å². The predicted octanol–water partition coefficient (Wildman–Crippen LogP) is 2.64. The average molecular weight is 222 g/mol. The number of hydrogen-bond acceptors (Lipinski definition) is 3. The lowest BCUT2D eigenvalue weighted by Gasteiger charge is -1.95. The quantitative estimate of drug-likeness (QED) is 0.867. The molecule has 0 atom stereocenters. The third-order valence-electron chi connectivity index (χ3n) is 2.59. The summed E-state index contributed by atoms with van der Waals surface area (Å²) < 4.78 is 0. The van der Waals surface area contributed by atoms with Gasteiger partial charge >= 0.3 is 0 Å². The van der Waals surface area contributed by atoms with E-state index < -0.39 is 0 Å². The molecule has 0 radical (unpaired) electrons. The highest BCUT2D eigenvalue weighted by Gasteiger charge is 2.11. The van der Waals surface area contributed by atoms with E-state index in [-0.39, 0.29) is 5.56 Å². The molecule has 0 amide bonds. The lowest BCUT2D eigenvalue weighted by molar-refractivity contribution is 0.801. The van der Waals surface area contributed by atoms with Crippen LogP contribution >= 0.6 is 11.3 Å². The number of hydrogen-bond donors (Lipinski definition) is 1. The number of thiophene rings is 1. The van der Waals surface area contributed by atoms with Crippen molar-refractivity contribution in [3.05, 3.63) is 27.1 Å². The first kappa shape index (κ1) is 10.4. The fraction of sp³-hybridized carbons (Fsp3) is 0.455. The molecule has 2 aromatic rings. The van der Waals surface area contributed by atoms with Gasteiger partial charge < -0.3 is 4.98 Å². The Morgan fingerprint density at radius 1 is 1.53 bits per heavy atom. The van der Waals surface area contributed by atoms with E-state index in [0.29, 0.717) is 0 Å². The average Bonchev–Trinajstić information content (AvgIpc) is 2.54. The van der Waals surface area contributed by atoms with Crippen LogP contribution < -0.4 is 5.56 Å². The smallest absolute Gasteiger partial charge is 0.259 e. The van der Waals surface area contributed by atoms with E-state index in [1.54, 1.807) is 11.3 Å². The predicted molar refractivity (Wildman–Crippen MR) is 63.6 cm³/mol. The van der Waals surface area contributed by atoms with Crippen molar-refractivity contribution < 1.29 is 0 Å². The van der Waals surface area contributed by atoms with Crippen LogP contribution in [-0.4, -0.2) is 9.97 Å². The summed E-state index contributed by atoms with van der Waals surface area (Å²) in [4.78, 5) is 20.6. The van der Waals surface area contributed by atoms with Crippen molar-refractivity contribution in [2.45, 2.75) is 33.1 Å². The van der Waals surface area contributed by atoms with Crippen LogP contribution in [-0.2, 0) is 6.42 Å². The Morgan fingerprint density at radius 2 is 2.33 bits per heavy atom. The molecule has 0 spiro atoms. The van der Waals surface area contributed by atoms with Crippen LogP contribution in [0.1, 0.15) is 30.2 Å². The fourth-order valence-corrected chi connectivity index (χ4v) is 2.89. The molecule has 0 saturated heterocycles. The van der Waals surface area contributed by atoms with E-state index in [9.17, 15) is 4.79 Å². The highest BCUT2D eigenvalue weighted by molar-refractivity contribution is 7.18. The molecule has 0 aliphatic rings. The van der Waals surface area contributed by atoms with Crippen molar-refractivity contribution >= 4 is 21.6 Å². The van der Waals surface area contributed by atoms with Crippen molar-refractivity contribution in [1.82, 2.24) is 9.97 Å². The van der Waals surface area contributed by atoms with Crippen molar-refractivity contribution in [2.24, 2.45) is 0 Å². The molecule has 0 aliphatic heterocycles. The topological polar surface area (TPSA) is 45.8 Å². The SMILES string of the molecule is CCCCc1sc2nc[nH]c(=O)c2c1C. The lowest BCUT2D eigenvalue weighted by Crippen LogP contribution is -2.05. The monoisotopic (exact) mass is 222 g/mol. The molecule has 4 heteroatoms. The molecule has 2 rings (SSSR count). The van der Waals surface area contributed by atoms with Crippen LogP contribution in [0, 0.1) is 6.92 Å². The van der Waals surface area contributed by atoms with E-state index in [2.05, 4.69) is 16.9 Å². The van der Waals surface area contributed by atoms with Crippen molar-refractivity contribution in [3.63, 3.8) is 0 Å². The van der Waals surface area contributed by atoms with Gasteiger partial charge in [0.05, 0.1) is 11.7 Å². The third-order valence-corrected chi connectivity index (χ3v) is 3.85. The molecular formula is C11H14N2OS. The third kappa shape index (κ3) is 1.81. The van der Waals surface area contributed by atoms with Gasteiger partial charge in [0.25, 0.3) is 5.56 Å². The molecule has 0 aromatic carbocycles. The Morgan fingerprint density at radius 3 is 3.00 bits per heavy atom. The van der Waals surface area contributed by atoms with Gasteiger partial charge in [-0.15, -0.1) is 11.3 Å². The van der Waals surface area contributed by atoms with E-state index in [4.69, 9.17) is 0 Å². The highest BCUT2D eigenvalue weighted by atomic mass is 32.1. The Kier molecular flexibility index (Phi) is 2.86. The second-order valence-electron chi connectivity index (χ2n) is 3.67. The Labute approximate surface area is 92.2 Å². The summed E-state index contributed by atoms with van der Waals surface area (Å²) in [6.45, 7) is 4.19. The van der Waals surface area contributed by atoms with Gasteiger partial charge in [-0.3, -0.25) is 4.79 Å². The maximum atomic E-state index is 11.6. The van der Waals surface area contributed by atoms with Crippen molar-refractivity contribution in [3.8, 4) is 0 Å². The number of fused-ring (bicyclic) bond motifs is 1. The maximum absolute atomic E-state index is 11.6. The minimum atomic E-state index is -0.0171. The summed E-state index contributed by atoms with van der Waals surface area (Å²) in [5.74, 6) is 0. The minimum absolute atomic E-state index is 0.0171. The summed E-state index contributed by atoms with van der Waals surface area (Å²) in [6, 6.07) is 0. The number of aromatic nitrogens is 2. The van der Waals surface area contributed by atoms with Gasteiger partial charge in [0.1, 0.15) is 4.83 Å². The van der Waals surface area contributed by atoms with Crippen molar-refractivity contribution in [2.75, 3.05) is 0 Å². The van der Waals surface area contributed by atoms with Gasteiger partial charge in [0.2, 0.25) is 0 Å². The molecule has 2 heterocycles. The highest BCUT2D eigenvalue weighted by Crippen LogP contribution is 2.27. The molecular weight excluding hydrogens is 208 g/mol. The molecule has 1 N–H and O–H groups in total. The van der Waals surface area contributed by atoms with Gasteiger partial charge in [0, 0.05) is 4.88 Å². The van der Waals surface area contributed by atoms with Gasteiger partial charge in [0.15, 0.2) is 0 Å². The van der Waals surface area contributed by atoms with Gasteiger partial charge in [-0.2, -0.15) is 0 Å². The van der Waals surface area contributed by atoms with E-state index in [0.717, 1.165) is 22.2 Å². The van der Waals surface area contributed by atoms with Crippen LogP contribution in [0.2, 0.25) is 0 Å². The van der Waals surface area contributed by atoms with Gasteiger partial charge in [-0.05, 0) is 25.3 Å². The van der Waals surface area contributed by atoms with Crippen LogP contribution in [0.25, 0.3) is 10.2 Å². The molecule has 0 saturated carbocycles. The van der Waals surface area contributed by atoms with Crippen molar-refractivity contribution in [1.29, 1.82) is 0 Å². The first-order chi connectivity index (χ1) is 7.24. The Bertz CT molecular complexity index is 527. The number of rotatable bonds is 3. The molecule has 0 unspecified atom stereocenters. The summed E-state index contributed by atoms with van der Waals surface area (Å²) in [5, 5.41) is 0.772. The number of aryl methyl sites for hydroxylation is 2. The summed E-state index contributed by atoms with van der Waals surface area (Å²) >= 11 is 1.65. The number of H-pyrrole nitrogens is 1. The molecule has 2 aromatic heterocycles. The second kappa shape index (κ2) is 4.14. The van der Waals surface area contributed by atoms with E-state index in [1.807, 2.05) is 6.92 Å². The summed E-state index contributed by atoms with van der Waals surface area (Å²) in [7, 11) is 0. The molecule has 0 aliphatic carbocycles. The number of unbranched alkanes of at least 4 members (excludes halogenated alkanes) is 1.